The first-order chi connectivity index (χ1) is 14.9. The molecule has 9 nitrogen and oxygen atoms in total. The average Bonchev–Trinajstić information content (AvgIpc) is 3.32. The number of halogens is 1. The fraction of sp³-hybridized carbons (Fsp3) is 0.286. The first kappa shape index (κ1) is 21.0. The van der Waals surface area contributed by atoms with Crippen LogP contribution in [0.3, 0.4) is 0 Å². The molecule has 3 aromatic rings. The van der Waals surface area contributed by atoms with Crippen LogP contribution in [0.25, 0.3) is 11.0 Å². The number of aldehydes is 1. The van der Waals surface area contributed by atoms with Crippen LogP contribution in [-0.2, 0) is 16.1 Å². The number of anilines is 2. The number of carbonyl (C=O) groups excluding carboxylic acids is 3. The normalized spacial score (nSPS) is 18.3. The fourth-order valence-corrected chi connectivity index (χ4v) is 4.23. The molecule has 4 heterocycles. The van der Waals surface area contributed by atoms with Gasteiger partial charge in [-0.3, -0.25) is 14.4 Å². The lowest BCUT2D eigenvalue weighted by Gasteiger charge is -2.24. The van der Waals surface area contributed by atoms with E-state index in [1.165, 1.54) is 6.20 Å². The quantitative estimate of drug-likeness (QED) is 0.423. The van der Waals surface area contributed by atoms with Crippen LogP contribution in [0.15, 0.2) is 41.3 Å². The van der Waals surface area contributed by atoms with Crippen molar-refractivity contribution in [3.8, 4) is 0 Å². The molecule has 0 bridgehead atoms. The van der Waals surface area contributed by atoms with Crippen molar-refractivity contribution in [2.24, 2.45) is 5.92 Å². The van der Waals surface area contributed by atoms with E-state index in [2.05, 4.69) is 31.2 Å². The van der Waals surface area contributed by atoms with Gasteiger partial charge in [-0.1, -0.05) is 13.0 Å². The Morgan fingerprint density at radius 1 is 1.35 bits per heavy atom. The van der Waals surface area contributed by atoms with Crippen LogP contribution in [0.1, 0.15) is 23.7 Å². The molecule has 0 radical (unpaired) electrons. The maximum absolute atomic E-state index is 13.1. The van der Waals surface area contributed by atoms with Gasteiger partial charge in [0, 0.05) is 24.3 Å². The van der Waals surface area contributed by atoms with E-state index in [0.717, 1.165) is 0 Å². The Labute approximate surface area is 186 Å². The molecule has 4 rings (SSSR count). The minimum Gasteiger partial charge on any atom is -0.398 e. The van der Waals surface area contributed by atoms with Crippen LogP contribution < -0.4 is 11.1 Å². The molecule has 10 heteroatoms. The summed E-state index contributed by atoms with van der Waals surface area (Å²) in [7, 11) is 0. The van der Waals surface area contributed by atoms with Gasteiger partial charge in [0.15, 0.2) is 6.29 Å². The minimum atomic E-state index is -0.579. The van der Waals surface area contributed by atoms with Crippen molar-refractivity contribution in [1.29, 1.82) is 0 Å². The van der Waals surface area contributed by atoms with E-state index in [1.54, 1.807) is 39.9 Å². The summed E-state index contributed by atoms with van der Waals surface area (Å²) in [5.74, 6) is 0.163. The molecule has 1 saturated heterocycles. The predicted molar refractivity (Wildman–Crippen MR) is 119 cm³/mol. The molecule has 0 aliphatic carbocycles. The van der Waals surface area contributed by atoms with E-state index in [1.807, 2.05) is 6.92 Å². The highest BCUT2D eigenvalue weighted by atomic mass is 79.9. The third-order valence-corrected chi connectivity index (χ3v) is 5.84. The van der Waals surface area contributed by atoms with E-state index < -0.39 is 6.04 Å². The molecule has 1 fully saturated rings. The Morgan fingerprint density at radius 2 is 2.16 bits per heavy atom. The lowest BCUT2D eigenvalue weighted by atomic mass is 10.1. The topological polar surface area (TPSA) is 123 Å². The number of nitrogens with two attached hydrogens (primary N) is 1. The summed E-state index contributed by atoms with van der Waals surface area (Å²) in [4.78, 5) is 47.2. The molecule has 31 heavy (non-hydrogen) atoms. The molecule has 3 aromatic heterocycles. The summed E-state index contributed by atoms with van der Waals surface area (Å²) in [5.41, 5.74) is 7.18. The zero-order chi connectivity index (χ0) is 22.1. The monoisotopic (exact) mass is 484 g/mol. The molecule has 2 atom stereocenters. The zero-order valence-electron chi connectivity index (χ0n) is 16.8. The fourth-order valence-electron chi connectivity index (χ4n) is 3.89. The maximum atomic E-state index is 13.1. The molecule has 0 spiro atoms. The van der Waals surface area contributed by atoms with Gasteiger partial charge in [0.25, 0.3) is 0 Å². The van der Waals surface area contributed by atoms with Gasteiger partial charge in [-0.25, -0.2) is 9.97 Å². The second-order valence-corrected chi connectivity index (χ2v) is 8.48. The summed E-state index contributed by atoms with van der Waals surface area (Å²) < 4.78 is 2.29. The van der Waals surface area contributed by atoms with Crippen LogP contribution in [0.2, 0.25) is 0 Å². The molecule has 160 valence electrons. The molecule has 2 amide bonds. The molecule has 3 N–H and O–H groups in total. The van der Waals surface area contributed by atoms with Gasteiger partial charge in [-0.05, 0) is 46.5 Å². The number of hydrogen-bond acceptors (Lipinski definition) is 6. The second-order valence-electron chi connectivity index (χ2n) is 7.66. The number of amides is 2. The van der Waals surface area contributed by atoms with Gasteiger partial charge in [0.05, 0.1) is 11.3 Å². The van der Waals surface area contributed by atoms with Crippen molar-refractivity contribution in [1.82, 2.24) is 19.4 Å². The number of aromatic nitrogens is 3. The Hall–Kier alpha value is -3.27. The number of pyridine rings is 2. The van der Waals surface area contributed by atoms with Crippen LogP contribution in [0.4, 0.5) is 11.5 Å². The van der Waals surface area contributed by atoms with Gasteiger partial charge in [0.2, 0.25) is 11.8 Å². The van der Waals surface area contributed by atoms with Crippen molar-refractivity contribution >= 4 is 56.6 Å². The van der Waals surface area contributed by atoms with Crippen LogP contribution in [-0.4, -0.2) is 50.1 Å². The van der Waals surface area contributed by atoms with E-state index in [-0.39, 0.29) is 24.3 Å². The lowest BCUT2D eigenvalue weighted by molar-refractivity contribution is -0.137. The Kier molecular flexibility index (Phi) is 5.73. The van der Waals surface area contributed by atoms with Crippen molar-refractivity contribution in [2.75, 3.05) is 17.6 Å². The van der Waals surface area contributed by atoms with E-state index >= 15 is 0 Å². The Bertz CT molecular complexity index is 1180. The molecular weight excluding hydrogens is 464 g/mol. The number of fused-ring (bicyclic) bond motifs is 1. The van der Waals surface area contributed by atoms with Crippen LogP contribution in [0, 0.1) is 5.92 Å². The second kappa shape index (κ2) is 8.46. The molecule has 0 saturated carbocycles. The smallest absolute Gasteiger partial charge is 0.248 e. The van der Waals surface area contributed by atoms with Crippen molar-refractivity contribution in [3.63, 3.8) is 0 Å². The molecular formula is C21H21BrN6O3. The molecule has 0 aromatic carbocycles. The Morgan fingerprint density at radius 3 is 2.90 bits per heavy atom. The summed E-state index contributed by atoms with van der Waals surface area (Å²) in [6.45, 7) is 2.52. The van der Waals surface area contributed by atoms with Gasteiger partial charge in [-0.15, -0.1) is 0 Å². The maximum Gasteiger partial charge on any atom is 0.248 e. The SMILES string of the molecule is C[C@@H]1C[C@@H](C(=O)Nc2cccc(Br)n2)N(C(=O)Cn2ccc3c(N)c(C=O)cnc32)C1. The first-order valence-electron chi connectivity index (χ1n) is 9.78. The number of carbonyl (C=O) groups is 3. The van der Waals surface area contributed by atoms with E-state index in [9.17, 15) is 14.4 Å². The highest BCUT2D eigenvalue weighted by Crippen LogP contribution is 2.26. The highest BCUT2D eigenvalue weighted by molar-refractivity contribution is 9.10. The third-order valence-electron chi connectivity index (χ3n) is 5.39. The van der Waals surface area contributed by atoms with Gasteiger partial charge >= 0.3 is 0 Å². The van der Waals surface area contributed by atoms with Gasteiger partial charge in [0.1, 0.15) is 28.7 Å². The number of nitrogens with one attached hydrogen (secondary N) is 1. The summed E-state index contributed by atoms with van der Waals surface area (Å²) >= 11 is 3.28. The van der Waals surface area contributed by atoms with E-state index in [4.69, 9.17) is 5.73 Å². The minimum absolute atomic E-state index is 0.0159. The lowest BCUT2D eigenvalue weighted by Crippen LogP contribution is -2.44. The predicted octanol–water partition coefficient (Wildman–Crippen LogP) is 2.46. The first-order valence-corrected chi connectivity index (χ1v) is 10.6. The number of likely N-dealkylation sites (tertiary alicyclic amines) is 1. The number of nitrogens with zero attached hydrogens (tertiary/aromatic N) is 4. The van der Waals surface area contributed by atoms with Gasteiger partial charge < -0.3 is 20.5 Å². The summed E-state index contributed by atoms with van der Waals surface area (Å²) in [6, 6.07) is 6.39. The largest absolute Gasteiger partial charge is 0.398 e. The zero-order valence-corrected chi connectivity index (χ0v) is 18.4. The molecule has 0 unspecified atom stereocenters. The molecule has 1 aliphatic heterocycles. The summed E-state index contributed by atoms with van der Waals surface area (Å²) in [5, 5.41) is 3.41. The van der Waals surface area contributed by atoms with E-state index in [0.29, 0.717) is 52.0 Å². The van der Waals surface area contributed by atoms with Crippen LogP contribution in [0.5, 0.6) is 0 Å². The highest BCUT2D eigenvalue weighted by Gasteiger charge is 2.38. The summed E-state index contributed by atoms with van der Waals surface area (Å²) in [6.07, 6.45) is 4.33. The molecule has 1 aliphatic rings. The number of rotatable bonds is 5. The van der Waals surface area contributed by atoms with Crippen molar-refractivity contribution < 1.29 is 14.4 Å². The third kappa shape index (κ3) is 4.15. The number of nitrogen functional groups attached to an aromatic ring is 1. The van der Waals surface area contributed by atoms with Crippen molar-refractivity contribution in [2.45, 2.75) is 25.9 Å². The van der Waals surface area contributed by atoms with Gasteiger partial charge in [-0.2, -0.15) is 0 Å². The van der Waals surface area contributed by atoms with Crippen LogP contribution >= 0.6 is 15.9 Å². The number of hydrogen-bond donors (Lipinski definition) is 2. The standard InChI is InChI=1S/C21H21BrN6O3/c1-12-7-15(21(31)26-17-4-2-3-16(22)25-17)28(9-12)18(30)10-27-6-5-14-19(23)13(11-29)8-24-20(14)27/h2-6,8,11-12,15H,7,9-10H2,1H3,(H2,23,24)(H,25,26,31)/t12-,15+/m1/s1. The van der Waals surface area contributed by atoms with Crippen molar-refractivity contribution in [3.05, 3.63) is 46.8 Å². The average molecular weight is 485 g/mol. The Balaban J connectivity index is 1.53.